The molecule has 0 amide bonds. The van der Waals surface area contributed by atoms with E-state index in [0.29, 0.717) is 6.61 Å². The summed E-state index contributed by atoms with van der Waals surface area (Å²) in [6.07, 6.45) is 0. The van der Waals surface area contributed by atoms with Gasteiger partial charge >= 0.3 is 0 Å². The summed E-state index contributed by atoms with van der Waals surface area (Å²) in [6, 6.07) is 26.7. The second-order valence-corrected chi connectivity index (χ2v) is 5.68. The molecule has 0 aromatic heterocycles. The van der Waals surface area contributed by atoms with E-state index < -0.39 is 0 Å². The molecule has 0 aliphatic heterocycles. The maximum absolute atomic E-state index is 6.03. The van der Waals surface area contributed by atoms with Crippen molar-refractivity contribution < 1.29 is 4.74 Å². The van der Waals surface area contributed by atoms with Gasteiger partial charge in [-0.2, -0.15) is 0 Å². The summed E-state index contributed by atoms with van der Waals surface area (Å²) in [5, 5.41) is 0. The van der Waals surface area contributed by atoms with Gasteiger partial charge in [0.25, 0.3) is 0 Å². The van der Waals surface area contributed by atoms with Crippen molar-refractivity contribution in [3.63, 3.8) is 0 Å². The molecule has 2 N–H and O–H groups in total. The number of para-hydroxylation sites is 1. The van der Waals surface area contributed by atoms with Gasteiger partial charge in [0.1, 0.15) is 12.4 Å². The van der Waals surface area contributed by atoms with Crippen molar-refractivity contribution in [2.45, 2.75) is 19.6 Å². The van der Waals surface area contributed by atoms with Crippen molar-refractivity contribution in [1.82, 2.24) is 0 Å². The quantitative estimate of drug-likeness (QED) is 0.677. The van der Waals surface area contributed by atoms with Gasteiger partial charge in [-0.3, -0.25) is 0 Å². The van der Waals surface area contributed by atoms with E-state index in [0.717, 1.165) is 28.0 Å². The molecule has 0 bridgehead atoms. The Balaban J connectivity index is 0.00000208. The third-order valence-electron chi connectivity index (χ3n) is 3.87. The Morgan fingerprint density at radius 3 is 2.12 bits per heavy atom. The van der Waals surface area contributed by atoms with E-state index in [1.54, 1.807) is 0 Å². The standard InChI is InChI=1S/C21H21NO.ClH/c1-16(22)18-11-13-19(14-12-18)20-9-5-6-10-21(20)23-15-17-7-3-2-4-8-17;/h2-14,16H,15,22H2,1H3;1H. The SMILES string of the molecule is CC(N)c1ccc(-c2ccccc2OCc2ccccc2)cc1.Cl. The van der Waals surface area contributed by atoms with E-state index in [1.807, 2.05) is 43.3 Å². The summed E-state index contributed by atoms with van der Waals surface area (Å²) in [6.45, 7) is 2.56. The van der Waals surface area contributed by atoms with Crippen LogP contribution in [0.5, 0.6) is 5.75 Å². The molecule has 0 radical (unpaired) electrons. The number of ether oxygens (including phenoxy) is 1. The summed E-state index contributed by atoms with van der Waals surface area (Å²) < 4.78 is 6.03. The van der Waals surface area contributed by atoms with Gasteiger partial charge in [-0.15, -0.1) is 12.4 Å². The van der Waals surface area contributed by atoms with Crippen molar-refractivity contribution in [1.29, 1.82) is 0 Å². The molecule has 1 atom stereocenters. The first-order valence-electron chi connectivity index (χ1n) is 7.86. The molecule has 0 saturated carbocycles. The van der Waals surface area contributed by atoms with Gasteiger partial charge < -0.3 is 10.5 Å². The van der Waals surface area contributed by atoms with E-state index in [9.17, 15) is 0 Å². The summed E-state index contributed by atoms with van der Waals surface area (Å²) in [7, 11) is 0. The van der Waals surface area contributed by atoms with Crippen molar-refractivity contribution in [3.05, 3.63) is 90.0 Å². The second-order valence-electron chi connectivity index (χ2n) is 5.68. The second kappa shape index (κ2) is 8.53. The van der Waals surface area contributed by atoms with E-state index in [4.69, 9.17) is 10.5 Å². The zero-order chi connectivity index (χ0) is 16.1. The predicted octanol–water partition coefficient (Wildman–Crippen LogP) is 5.37. The normalized spacial score (nSPS) is 11.4. The molecule has 1 unspecified atom stereocenters. The first-order chi connectivity index (χ1) is 11.2. The number of benzene rings is 3. The van der Waals surface area contributed by atoms with Crippen LogP contribution in [0.1, 0.15) is 24.1 Å². The minimum atomic E-state index is 0. The van der Waals surface area contributed by atoms with Gasteiger partial charge in [-0.1, -0.05) is 72.8 Å². The number of hydrogen-bond donors (Lipinski definition) is 1. The molecular formula is C21H22ClNO. The lowest BCUT2D eigenvalue weighted by molar-refractivity contribution is 0.307. The minimum absolute atomic E-state index is 0. The smallest absolute Gasteiger partial charge is 0.127 e. The van der Waals surface area contributed by atoms with E-state index >= 15 is 0 Å². The molecule has 24 heavy (non-hydrogen) atoms. The number of hydrogen-bond acceptors (Lipinski definition) is 2. The molecule has 2 nitrogen and oxygen atoms in total. The lowest BCUT2D eigenvalue weighted by Crippen LogP contribution is -2.04. The van der Waals surface area contributed by atoms with E-state index in [1.165, 1.54) is 0 Å². The highest BCUT2D eigenvalue weighted by Crippen LogP contribution is 2.31. The fourth-order valence-electron chi connectivity index (χ4n) is 2.53. The molecule has 0 aliphatic rings. The van der Waals surface area contributed by atoms with Crippen LogP contribution in [0.4, 0.5) is 0 Å². The molecule has 0 heterocycles. The average Bonchev–Trinajstić information content (AvgIpc) is 2.61. The van der Waals surface area contributed by atoms with Crippen LogP contribution in [0, 0.1) is 0 Å². The summed E-state index contributed by atoms with van der Waals surface area (Å²) in [5.74, 6) is 0.893. The highest BCUT2D eigenvalue weighted by Gasteiger charge is 2.07. The first kappa shape index (κ1) is 18.1. The van der Waals surface area contributed by atoms with Crippen molar-refractivity contribution in [3.8, 4) is 16.9 Å². The van der Waals surface area contributed by atoms with Crippen LogP contribution in [0.15, 0.2) is 78.9 Å². The molecule has 3 rings (SSSR count). The van der Waals surface area contributed by atoms with Crippen LogP contribution in [0.25, 0.3) is 11.1 Å². The maximum Gasteiger partial charge on any atom is 0.127 e. The summed E-state index contributed by atoms with van der Waals surface area (Å²) in [5.41, 5.74) is 10.5. The number of nitrogens with two attached hydrogens (primary N) is 1. The third-order valence-corrected chi connectivity index (χ3v) is 3.87. The summed E-state index contributed by atoms with van der Waals surface area (Å²) in [4.78, 5) is 0. The zero-order valence-corrected chi connectivity index (χ0v) is 14.5. The number of halogens is 1. The molecular weight excluding hydrogens is 318 g/mol. The fourth-order valence-corrected chi connectivity index (χ4v) is 2.53. The zero-order valence-electron chi connectivity index (χ0n) is 13.7. The molecule has 124 valence electrons. The highest BCUT2D eigenvalue weighted by molar-refractivity contribution is 5.85. The Morgan fingerprint density at radius 1 is 0.833 bits per heavy atom. The van der Waals surface area contributed by atoms with Crippen LogP contribution in [0.2, 0.25) is 0 Å². The highest BCUT2D eigenvalue weighted by atomic mass is 35.5. The monoisotopic (exact) mass is 339 g/mol. The van der Waals surface area contributed by atoms with Gasteiger partial charge in [-0.05, 0) is 29.7 Å². The lowest BCUT2D eigenvalue weighted by Gasteiger charge is -2.13. The summed E-state index contributed by atoms with van der Waals surface area (Å²) >= 11 is 0. The third kappa shape index (κ3) is 4.38. The van der Waals surface area contributed by atoms with Crippen LogP contribution >= 0.6 is 12.4 Å². The molecule has 3 heteroatoms. The van der Waals surface area contributed by atoms with Crippen molar-refractivity contribution in [2.24, 2.45) is 5.73 Å². The van der Waals surface area contributed by atoms with Crippen molar-refractivity contribution >= 4 is 12.4 Å². The van der Waals surface area contributed by atoms with Crippen LogP contribution in [-0.4, -0.2) is 0 Å². The average molecular weight is 340 g/mol. The molecule has 3 aromatic rings. The predicted molar refractivity (Wildman–Crippen MR) is 103 cm³/mol. The van der Waals surface area contributed by atoms with E-state index in [-0.39, 0.29) is 18.4 Å². The maximum atomic E-state index is 6.03. The van der Waals surface area contributed by atoms with Crippen LogP contribution in [-0.2, 0) is 6.61 Å². The first-order valence-corrected chi connectivity index (χ1v) is 7.86. The van der Waals surface area contributed by atoms with Gasteiger partial charge in [-0.25, -0.2) is 0 Å². The largest absolute Gasteiger partial charge is 0.488 e. The number of rotatable bonds is 5. The topological polar surface area (TPSA) is 35.2 Å². The van der Waals surface area contributed by atoms with Gasteiger partial charge in [0, 0.05) is 11.6 Å². The van der Waals surface area contributed by atoms with Crippen LogP contribution < -0.4 is 10.5 Å². The van der Waals surface area contributed by atoms with Gasteiger partial charge in [0.2, 0.25) is 0 Å². The molecule has 0 spiro atoms. The Kier molecular flexibility index (Phi) is 6.42. The Morgan fingerprint density at radius 2 is 1.46 bits per heavy atom. The van der Waals surface area contributed by atoms with E-state index in [2.05, 4.69) is 42.5 Å². The molecule has 0 fully saturated rings. The van der Waals surface area contributed by atoms with Gasteiger partial charge in [0.05, 0.1) is 0 Å². The van der Waals surface area contributed by atoms with Crippen molar-refractivity contribution in [2.75, 3.05) is 0 Å². The van der Waals surface area contributed by atoms with Crippen LogP contribution in [0.3, 0.4) is 0 Å². The molecule has 3 aromatic carbocycles. The lowest BCUT2D eigenvalue weighted by atomic mass is 10.0. The Hall–Kier alpha value is -2.29. The Labute approximate surface area is 149 Å². The molecule has 0 saturated heterocycles. The fraction of sp³-hybridized carbons (Fsp3) is 0.143. The Bertz CT molecular complexity index is 754. The van der Waals surface area contributed by atoms with Gasteiger partial charge in [0.15, 0.2) is 0 Å². The molecule has 0 aliphatic carbocycles. The minimum Gasteiger partial charge on any atom is -0.488 e.